The molecule has 1 saturated heterocycles. The van der Waals surface area contributed by atoms with Gasteiger partial charge in [-0.15, -0.1) is 0 Å². The van der Waals surface area contributed by atoms with Crippen LogP contribution in [0, 0.1) is 5.41 Å². The van der Waals surface area contributed by atoms with Crippen molar-refractivity contribution >= 4 is 0 Å². The van der Waals surface area contributed by atoms with Crippen molar-refractivity contribution in [1.29, 1.82) is 0 Å². The Bertz CT molecular complexity index is 179. The summed E-state index contributed by atoms with van der Waals surface area (Å²) in [7, 11) is 0. The zero-order valence-corrected chi connectivity index (χ0v) is 8.95. The van der Waals surface area contributed by atoms with Crippen molar-refractivity contribution in [3.63, 3.8) is 0 Å². The fourth-order valence-electron chi connectivity index (χ4n) is 2.06. The van der Waals surface area contributed by atoms with Crippen LogP contribution in [-0.4, -0.2) is 25.2 Å². The van der Waals surface area contributed by atoms with Crippen molar-refractivity contribution in [3.05, 3.63) is 0 Å². The standard InChI is InChI=1S/C11H22N2/c1-10(4-3-7-12-8-10)9-13-11(2)5-6-11/h12-13H,3-9H2,1-2H3. The van der Waals surface area contributed by atoms with E-state index in [0.717, 1.165) is 0 Å². The van der Waals surface area contributed by atoms with Crippen molar-refractivity contribution in [1.82, 2.24) is 10.6 Å². The summed E-state index contributed by atoms with van der Waals surface area (Å²) in [5.74, 6) is 0. The minimum Gasteiger partial charge on any atom is -0.316 e. The predicted molar refractivity (Wildman–Crippen MR) is 55.9 cm³/mol. The lowest BCUT2D eigenvalue weighted by molar-refractivity contribution is 0.217. The van der Waals surface area contributed by atoms with E-state index in [4.69, 9.17) is 0 Å². The fraction of sp³-hybridized carbons (Fsp3) is 1.00. The van der Waals surface area contributed by atoms with Crippen LogP contribution < -0.4 is 10.6 Å². The maximum atomic E-state index is 3.70. The van der Waals surface area contributed by atoms with E-state index in [-0.39, 0.29) is 0 Å². The number of nitrogens with one attached hydrogen (secondary N) is 2. The van der Waals surface area contributed by atoms with Crippen LogP contribution in [0.15, 0.2) is 0 Å². The lowest BCUT2D eigenvalue weighted by Gasteiger charge is -2.35. The highest BCUT2D eigenvalue weighted by Crippen LogP contribution is 2.36. The minimum atomic E-state index is 0.500. The molecule has 2 rings (SSSR count). The lowest BCUT2D eigenvalue weighted by atomic mass is 9.82. The Morgan fingerprint density at radius 1 is 1.23 bits per heavy atom. The van der Waals surface area contributed by atoms with Gasteiger partial charge in [0, 0.05) is 18.6 Å². The van der Waals surface area contributed by atoms with Crippen LogP contribution in [0.4, 0.5) is 0 Å². The Hall–Kier alpha value is -0.0800. The normalized spacial score (nSPS) is 37.4. The van der Waals surface area contributed by atoms with E-state index in [1.807, 2.05) is 0 Å². The first kappa shape index (κ1) is 9.47. The van der Waals surface area contributed by atoms with Gasteiger partial charge in [-0.1, -0.05) is 6.92 Å². The Balaban J connectivity index is 1.77. The lowest BCUT2D eigenvalue weighted by Crippen LogP contribution is -2.46. The molecular formula is C11H22N2. The number of hydrogen-bond acceptors (Lipinski definition) is 2. The van der Waals surface area contributed by atoms with Crippen molar-refractivity contribution in [2.45, 2.75) is 45.1 Å². The van der Waals surface area contributed by atoms with Gasteiger partial charge in [0.05, 0.1) is 0 Å². The van der Waals surface area contributed by atoms with Crippen LogP contribution in [0.1, 0.15) is 39.5 Å². The predicted octanol–water partition coefficient (Wildman–Crippen LogP) is 1.52. The average Bonchev–Trinajstić information content (AvgIpc) is 2.84. The number of hydrogen-bond donors (Lipinski definition) is 2. The molecule has 0 radical (unpaired) electrons. The Morgan fingerprint density at radius 2 is 2.00 bits per heavy atom. The van der Waals surface area contributed by atoms with Gasteiger partial charge in [0.15, 0.2) is 0 Å². The molecule has 0 spiro atoms. The SMILES string of the molecule is CC1(CNC2(C)CC2)CCCNC1. The molecule has 1 unspecified atom stereocenters. The van der Waals surface area contributed by atoms with Gasteiger partial charge in [-0.25, -0.2) is 0 Å². The zero-order valence-electron chi connectivity index (χ0n) is 8.95. The smallest absolute Gasteiger partial charge is 0.0154 e. The summed E-state index contributed by atoms with van der Waals surface area (Å²) in [6.45, 7) is 8.34. The summed E-state index contributed by atoms with van der Waals surface area (Å²) in [5.41, 5.74) is 1.00. The molecule has 2 heteroatoms. The summed E-state index contributed by atoms with van der Waals surface area (Å²) in [5, 5.41) is 7.20. The molecule has 0 aromatic heterocycles. The molecule has 1 heterocycles. The van der Waals surface area contributed by atoms with E-state index in [9.17, 15) is 0 Å². The van der Waals surface area contributed by atoms with E-state index in [2.05, 4.69) is 24.5 Å². The quantitative estimate of drug-likeness (QED) is 0.691. The maximum absolute atomic E-state index is 3.70. The van der Waals surface area contributed by atoms with Gasteiger partial charge in [0.25, 0.3) is 0 Å². The summed E-state index contributed by atoms with van der Waals surface area (Å²) >= 11 is 0. The largest absolute Gasteiger partial charge is 0.316 e. The third kappa shape index (κ3) is 2.44. The second-order valence-electron chi connectivity index (χ2n) is 5.51. The number of piperidine rings is 1. The third-order valence-corrected chi connectivity index (χ3v) is 3.63. The molecular weight excluding hydrogens is 160 g/mol. The maximum Gasteiger partial charge on any atom is 0.0154 e. The fourth-order valence-corrected chi connectivity index (χ4v) is 2.06. The van der Waals surface area contributed by atoms with Gasteiger partial charge in [0.2, 0.25) is 0 Å². The van der Waals surface area contributed by atoms with E-state index < -0.39 is 0 Å². The van der Waals surface area contributed by atoms with Crippen LogP contribution >= 0.6 is 0 Å². The van der Waals surface area contributed by atoms with E-state index in [1.54, 1.807) is 0 Å². The highest BCUT2D eigenvalue weighted by atomic mass is 15.0. The average molecular weight is 182 g/mol. The molecule has 0 aromatic rings. The molecule has 0 amide bonds. The minimum absolute atomic E-state index is 0.500. The van der Waals surface area contributed by atoms with Crippen LogP contribution in [0.2, 0.25) is 0 Å². The second kappa shape index (κ2) is 3.25. The highest BCUT2D eigenvalue weighted by molar-refractivity contribution is 4.99. The van der Waals surface area contributed by atoms with Gasteiger partial charge in [0.1, 0.15) is 0 Å². The second-order valence-corrected chi connectivity index (χ2v) is 5.51. The molecule has 0 aromatic carbocycles. The van der Waals surface area contributed by atoms with E-state index in [0.29, 0.717) is 11.0 Å². The van der Waals surface area contributed by atoms with Crippen molar-refractivity contribution < 1.29 is 0 Å². The Morgan fingerprint density at radius 3 is 2.54 bits per heavy atom. The zero-order chi connectivity index (χ0) is 9.36. The summed E-state index contributed by atoms with van der Waals surface area (Å²) in [4.78, 5) is 0. The number of rotatable bonds is 3. The molecule has 2 aliphatic rings. The highest BCUT2D eigenvalue weighted by Gasteiger charge is 2.38. The topological polar surface area (TPSA) is 24.1 Å². The van der Waals surface area contributed by atoms with Crippen molar-refractivity contribution in [2.75, 3.05) is 19.6 Å². The van der Waals surface area contributed by atoms with Gasteiger partial charge in [-0.05, 0) is 44.6 Å². The summed E-state index contributed by atoms with van der Waals surface area (Å²) in [6, 6.07) is 0. The molecule has 2 N–H and O–H groups in total. The first-order chi connectivity index (χ1) is 6.12. The Kier molecular flexibility index (Phi) is 2.37. The van der Waals surface area contributed by atoms with Crippen LogP contribution in [-0.2, 0) is 0 Å². The molecule has 2 nitrogen and oxygen atoms in total. The van der Waals surface area contributed by atoms with E-state index in [1.165, 1.54) is 45.3 Å². The molecule has 1 aliphatic heterocycles. The van der Waals surface area contributed by atoms with Gasteiger partial charge in [-0.2, -0.15) is 0 Å². The Labute approximate surface area is 81.5 Å². The molecule has 1 aliphatic carbocycles. The van der Waals surface area contributed by atoms with E-state index >= 15 is 0 Å². The van der Waals surface area contributed by atoms with Crippen molar-refractivity contribution in [3.8, 4) is 0 Å². The molecule has 1 saturated carbocycles. The molecule has 2 fully saturated rings. The van der Waals surface area contributed by atoms with Gasteiger partial charge in [-0.3, -0.25) is 0 Å². The molecule has 1 atom stereocenters. The van der Waals surface area contributed by atoms with Crippen LogP contribution in [0.25, 0.3) is 0 Å². The van der Waals surface area contributed by atoms with Gasteiger partial charge < -0.3 is 10.6 Å². The first-order valence-electron chi connectivity index (χ1n) is 5.58. The van der Waals surface area contributed by atoms with Crippen molar-refractivity contribution in [2.24, 2.45) is 5.41 Å². The molecule has 76 valence electrons. The first-order valence-corrected chi connectivity index (χ1v) is 5.58. The summed E-state index contributed by atoms with van der Waals surface area (Å²) in [6.07, 6.45) is 5.46. The van der Waals surface area contributed by atoms with Crippen LogP contribution in [0.3, 0.4) is 0 Å². The monoisotopic (exact) mass is 182 g/mol. The third-order valence-electron chi connectivity index (χ3n) is 3.63. The van der Waals surface area contributed by atoms with Gasteiger partial charge >= 0.3 is 0 Å². The van der Waals surface area contributed by atoms with Crippen LogP contribution in [0.5, 0.6) is 0 Å². The molecule has 0 bridgehead atoms. The molecule has 13 heavy (non-hydrogen) atoms. The summed E-state index contributed by atoms with van der Waals surface area (Å²) < 4.78 is 0.